The first-order valence-corrected chi connectivity index (χ1v) is 17.0. The minimum absolute atomic E-state index is 0.0794. The SMILES string of the molecule is CN1CCN(C(=O)c2cccc(-c3ccc4nc(C(c5nnc(CN[SH](=O)=O)o5)S(=O)(=O)CCC(F)(F)F)sc4c3)c2)CC1. The van der Waals surface area contributed by atoms with Gasteiger partial charge in [-0.3, -0.25) is 4.79 Å². The second kappa shape index (κ2) is 12.9. The number of nitrogens with zero attached hydrogens (tertiary/aromatic N) is 5. The fourth-order valence-electron chi connectivity index (χ4n) is 4.62. The van der Waals surface area contributed by atoms with Crippen molar-refractivity contribution in [1.29, 1.82) is 0 Å². The number of benzene rings is 2. The molecule has 44 heavy (non-hydrogen) atoms. The summed E-state index contributed by atoms with van der Waals surface area (Å²) < 4.78 is 95.1. The van der Waals surface area contributed by atoms with Crippen molar-refractivity contribution in [2.45, 2.75) is 24.4 Å². The number of thiazole rings is 1. The van der Waals surface area contributed by atoms with Gasteiger partial charge in [-0.1, -0.05) is 18.2 Å². The van der Waals surface area contributed by atoms with Crippen LogP contribution in [0.4, 0.5) is 13.2 Å². The molecule has 236 valence electrons. The number of hydrogen-bond acceptors (Lipinski definition) is 11. The van der Waals surface area contributed by atoms with Gasteiger partial charge < -0.3 is 14.2 Å². The summed E-state index contributed by atoms with van der Waals surface area (Å²) in [5.41, 5.74) is 2.37. The fraction of sp³-hybridized carbons (Fsp3) is 0.385. The third-order valence-corrected chi connectivity index (χ3v) is 10.5. The third-order valence-electron chi connectivity index (χ3n) is 6.96. The van der Waals surface area contributed by atoms with Gasteiger partial charge in [-0.15, -0.1) is 21.5 Å². The van der Waals surface area contributed by atoms with Crippen molar-refractivity contribution in [2.75, 3.05) is 39.0 Å². The van der Waals surface area contributed by atoms with Gasteiger partial charge in [-0.2, -0.15) is 13.2 Å². The van der Waals surface area contributed by atoms with Gasteiger partial charge in [-0.05, 0) is 42.4 Å². The van der Waals surface area contributed by atoms with Crippen LogP contribution in [0.5, 0.6) is 0 Å². The van der Waals surface area contributed by atoms with E-state index in [0.29, 0.717) is 28.9 Å². The van der Waals surface area contributed by atoms with Crippen molar-refractivity contribution < 1.29 is 39.2 Å². The first kappa shape index (κ1) is 32.0. The number of piperazine rings is 1. The van der Waals surface area contributed by atoms with Gasteiger partial charge in [0.15, 0.2) is 15.1 Å². The number of amides is 1. The molecule has 1 aliphatic rings. The molecule has 0 radical (unpaired) electrons. The molecule has 1 fully saturated rings. The maximum Gasteiger partial charge on any atom is 0.390 e. The highest BCUT2D eigenvalue weighted by Gasteiger charge is 2.40. The van der Waals surface area contributed by atoms with Gasteiger partial charge in [0.25, 0.3) is 5.91 Å². The predicted octanol–water partition coefficient (Wildman–Crippen LogP) is 2.81. The molecule has 0 aliphatic carbocycles. The molecule has 0 spiro atoms. The van der Waals surface area contributed by atoms with Gasteiger partial charge in [0.1, 0.15) is 5.01 Å². The number of nitrogens with one attached hydrogen (secondary N) is 1. The van der Waals surface area contributed by atoms with Crippen LogP contribution < -0.4 is 4.72 Å². The summed E-state index contributed by atoms with van der Waals surface area (Å²) in [4.78, 5) is 21.5. The summed E-state index contributed by atoms with van der Waals surface area (Å²) in [5, 5.41) is 5.44. The van der Waals surface area contributed by atoms with Crippen LogP contribution in [0.3, 0.4) is 0 Å². The molecule has 1 N–H and O–H groups in total. The van der Waals surface area contributed by atoms with Crippen LogP contribution in [-0.4, -0.2) is 92.9 Å². The Labute approximate surface area is 255 Å². The molecule has 1 unspecified atom stereocenters. The fourth-order valence-corrected chi connectivity index (χ4v) is 7.97. The minimum Gasteiger partial charge on any atom is -0.422 e. The Balaban J connectivity index is 1.47. The van der Waals surface area contributed by atoms with E-state index in [1.807, 2.05) is 17.8 Å². The lowest BCUT2D eigenvalue weighted by Crippen LogP contribution is -2.47. The lowest BCUT2D eigenvalue weighted by atomic mass is 10.0. The summed E-state index contributed by atoms with van der Waals surface area (Å²) in [6, 6.07) is 12.3. The number of halogens is 3. The van der Waals surface area contributed by atoms with Crippen molar-refractivity contribution in [2.24, 2.45) is 0 Å². The van der Waals surface area contributed by atoms with Gasteiger partial charge in [0.05, 0.1) is 28.9 Å². The number of rotatable bonds is 10. The Kier molecular flexibility index (Phi) is 9.36. The van der Waals surface area contributed by atoms with E-state index in [1.165, 1.54) is 0 Å². The number of carbonyl (C=O) groups is 1. The topological polar surface area (TPSA) is 156 Å². The van der Waals surface area contributed by atoms with E-state index in [-0.39, 0.29) is 16.8 Å². The number of sulfone groups is 1. The molecule has 18 heteroatoms. The molecule has 1 aliphatic heterocycles. The molecule has 5 rings (SSSR count). The first-order valence-electron chi connectivity index (χ1n) is 13.3. The molecule has 1 amide bonds. The molecule has 0 saturated carbocycles. The van der Waals surface area contributed by atoms with E-state index in [1.54, 1.807) is 41.3 Å². The quantitative estimate of drug-likeness (QED) is 0.240. The van der Waals surface area contributed by atoms with Crippen molar-refractivity contribution >= 4 is 48.2 Å². The highest BCUT2D eigenvalue weighted by molar-refractivity contribution is 7.92. The molecule has 1 saturated heterocycles. The zero-order chi connectivity index (χ0) is 31.6. The Morgan fingerprint density at radius 3 is 2.52 bits per heavy atom. The predicted molar refractivity (Wildman–Crippen MR) is 156 cm³/mol. The van der Waals surface area contributed by atoms with E-state index in [2.05, 4.69) is 20.1 Å². The molecule has 2 aromatic carbocycles. The highest BCUT2D eigenvalue weighted by atomic mass is 32.2. The van der Waals surface area contributed by atoms with Crippen molar-refractivity contribution in [3.8, 4) is 11.1 Å². The number of aromatic nitrogens is 3. The van der Waals surface area contributed by atoms with Crippen LogP contribution in [0.1, 0.15) is 38.8 Å². The normalized spacial score (nSPS) is 15.7. The Bertz CT molecular complexity index is 1840. The van der Waals surface area contributed by atoms with Gasteiger partial charge in [0.2, 0.25) is 22.7 Å². The van der Waals surface area contributed by atoms with E-state index in [0.717, 1.165) is 35.6 Å². The Hall–Kier alpha value is -3.45. The van der Waals surface area contributed by atoms with Crippen LogP contribution in [-0.2, 0) is 27.3 Å². The number of alkyl halides is 3. The summed E-state index contributed by atoms with van der Waals surface area (Å²) in [6.07, 6.45) is -6.33. The number of hydrogen-bond donors (Lipinski definition) is 2. The minimum atomic E-state index is -4.73. The molecule has 3 heterocycles. The standard InChI is InChI=1S/C26H27F3N6O6S3/c1-34-8-10-35(11-9-34)25(36)18-4-2-3-16(13-18)17-5-6-19-20(14-17)42-24(31-19)22(44(39,40)12-7-26(27,28)29)23-33-32-21(41-23)15-30-43(37)38/h2-6,13-14,22,43H,7-12,15H2,1H3,(H,30,37,38). The summed E-state index contributed by atoms with van der Waals surface area (Å²) >= 11 is 0.939. The third kappa shape index (κ3) is 7.60. The van der Waals surface area contributed by atoms with E-state index >= 15 is 0 Å². The zero-order valence-electron chi connectivity index (χ0n) is 23.2. The maximum absolute atomic E-state index is 13.3. The van der Waals surface area contributed by atoms with Crippen LogP contribution in [0.2, 0.25) is 0 Å². The summed E-state index contributed by atoms with van der Waals surface area (Å²) in [6.45, 7) is 2.39. The van der Waals surface area contributed by atoms with Crippen molar-refractivity contribution in [1.82, 2.24) is 29.7 Å². The molecule has 2 aromatic heterocycles. The smallest absolute Gasteiger partial charge is 0.390 e. The van der Waals surface area contributed by atoms with Gasteiger partial charge >= 0.3 is 6.18 Å². The Morgan fingerprint density at radius 2 is 1.82 bits per heavy atom. The van der Waals surface area contributed by atoms with Crippen LogP contribution >= 0.6 is 11.3 Å². The average Bonchev–Trinajstić information content (AvgIpc) is 3.61. The molecule has 1 atom stereocenters. The van der Waals surface area contributed by atoms with Crippen LogP contribution in [0.15, 0.2) is 46.9 Å². The molecule has 4 aromatic rings. The number of likely N-dealkylation sites (N-methyl/N-ethyl adjacent to an activating group) is 1. The second-order valence-electron chi connectivity index (χ2n) is 10.1. The van der Waals surface area contributed by atoms with E-state index in [9.17, 15) is 34.8 Å². The lowest BCUT2D eigenvalue weighted by molar-refractivity contribution is -0.129. The van der Waals surface area contributed by atoms with Crippen molar-refractivity contribution in [3.63, 3.8) is 0 Å². The first-order chi connectivity index (χ1) is 20.8. The Morgan fingerprint density at radius 1 is 1.09 bits per heavy atom. The second-order valence-corrected chi connectivity index (χ2v) is 14.2. The average molecular weight is 673 g/mol. The lowest BCUT2D eigenvalue weighted by Gasteiger charge is -2.32. The number of fused-ring (bicyclic) bond motifs is 1. The number of carbonyl (C=O) groups excluding carboxylic acids is 1. The zero-order valence-corrected chi connectivity index (χ0v) is 25.7. The monoisotopic (exact) mass is 672 g/mol. The molecule has 0 bridgehead atoms. The van der Waals surface area contributed by atoms with Crippen LogP contribution in [0, 0.1) is 0 Å². The molecular weight excluding hydrogens is 646 g/mol. The largest absolute Gasteiger partial charge is 0.422 e. The van der Waals surface area contributed by atoms with Gasteiger partial charge in [0, 0.05) is 31.7 Å². The van der Waals surface area contributed by atoms with Crippen LogP contribution in [0.25, 0.3) is 21.3 Å². The maximum atomic E-state index is 13.3. The highest BCUT2D eigenvalue weighted by Crippen LogP contribution is 2.38. The summed E-state index contributed by atoms with van der Waals surface area (Å²) in [5.74, 6) is -2.13. The number of thiol groups is 1. The van der Waals surface area contributed by atoms with Gasteiger partial charge in [-0.25, -0.2) is 26.5 Å². The molecular formula is C26H27F3N6O6S3. The van der Waals surface area contributed by atoms with E-state index in [4.69, 9.17) is 4.42 Å². The summed E-state index contributed by atoms with van der Waals surface area (Å²) in [7, 11) is -5.59. The molecule has 12 nitrogen and oxygen atoms in total. The van der Waals surface area contributed by atoms with Crippen molar-refractivity contribution in [3.05, 3.63) is 64.8 Å². The van der Waals surface area contributed by atoms with E-state index < -0.39 is 56.8 Å².